The number of imidazole rings is 1. The second kappa shape index (κ2) is 10.2. The molecule has 9 heteroatoms. The van der Waals surface area contributed by atoms with Gasteiger partial charge in [0.1, 0.15) is 17.3 Å². The van der Waals surface area contributed by atoms with Gasteiger partial charge in [0.05, 0.1) is 19.0 Å². The number of carbonyl (C=O) groups excluding carboxylic acids is 1. The molecule has 36 heavy (non-hydrogen) atoms. The number of fused-ring (bicyclic) bond motifs is 1. The van der Waals surface area contributed by atoms with Crippen LogP contribution < -0.4 is 26.4 Å². The Balaban J connectivity index is 1.60. The van der Waals surface area contributed by atoms with Crippen LogP contribution in [0.1, 0.15) is 41.7 Å². The maximum absolute atomic E-state index is 12.2. The zero-order valence-electron chi connectivity index (χ0n) is 20.3. The van der Waals surface area contributed by atoms with E-state index in [1.165, 1.54) is 6.20 Å². The van der Waals surface area contributed by atoms with Gasteiger partial charge in [-0.2, -0.15) is 0 Å². The number of aromatic nitrogens is 3. The van der Waals surface area contributed by atoms with E-state index < -0.39 is 5.91 Å². The van der Waals surface area contributed by atoms with Gasteiger partial charge in [-0.3, -0.25) is 4.79 Å². The molecule has 1 saturated carbocycles. The molecule has 0 aliphatic heterocycles. The smallest absolute Gasteiger partial charge is 0.269 e. The topological polar surface area (TPSA) is 124 Å². The molecule has 0 radical (unpaired) electrons. The average Bonchev–Trinajstić information content (AvgIpc) is 3.33. The zero-order chi connectivity index (χ0) is 25.1. The van der Waals surface area contributed by atoms with Crippen LogP contribution in [0.2, 0.25) is 0 Å². The molecule has 1 amide bonds. The van der Waals surface area contributed by atoms with Crippen molar-refractivity contribution in [2.75, 3.05) is 17.3 Å². The highest BCUT2D eigenvalue weighted by Crippen LogP contribution is 2.33. The first-order valence-corrected chi connectivity index (χ1v) is 12.2. The van der Waals surface area contributed by atoms with Crippen LogP contribution in [0.3, 0.4) is 0 Å². The van der Waals surface area contributed by atoms with Crippen LogP contribution in [-0.4, -0.2) is 39.7 Å². The van der Waals surface area contributed by atoms with Crippen LogP contribution in [0.25, 0.3) is 5.65 Å². The molecule has 1 aliphatic carbocycles. The highest BCUT2D eigenvalue weighted by Gasteiger charge is 2.23. The van der Waals surface area contributed by atoms with Crippen molar-refractivity contribution in [3.63, 3.8) is 0 Å². The monoisotopic (exact) mass is 485 g/mol. The van der Waals surface area contributed by atoms with E-state index in [4.69, 9.17) is 21.3 Å². The molecule has 2 aromatic heterocycles. The van der Waals surface area contributed by atoms with Crippen LogP contribution in [0.15, 0.2) is 66.9 Å². The van der Waals surface area contributed by atoms with E-state index in [0.717, 1.165) is 48.4 Å². The maximum atomic E-state index is 12.2. The number of nitrogens with two attached hydrogens (primary N) is 2. The molecule has 1 aliphatic rings. The Labute approximate surface area is 210 Å². The molecule has 1 fully saturated rings. The molecule has 9 nitrogen and oxygen atoms in total. The number of amides is 1. The molecule has 0 atom stereocenters. The lowest BCUT2D eigenvalue weighted by atomic mass is 9.92. The number of rotatable bonds is 8. The summed E-state index contributed by atoms with van der Waals surface area (Å²) in [6, 6.07) is 20.6. The minimum Gasteiger partial charge on any atom is -0.497 e. The first-order valence-electron chi connectivity index (χ1n) is 12.2. The summed E-state index contributed by atoms with van der Waals surface area (Å²) in [6.45, 7) is 0.574. The van der Waals surface area contributed by atoms with Gasteiger partial charge < -0.3 is 26.4 Å². The van der Waals surface area contributed by atoms with Crippen molar-refractivity contribution in [1.82, 2.24) is 14.6 Å². The van der Waals surface area contributed by atoms with E-state index in [2.05, 4.69) is 15.2 Å². The van der Waals surface area contributed by atoms with E-state index in [1.54, 1.807) is 11.6 Å². The third-order valence-electron chi connectivity index (χ3n) is 6.68. The van der Waals surface area contributed by atoms with E-state index in [-0.39, 0.29) is 17.8 Å². The Hall–Kier alpha value is -4.11. The van der Waals surface area contributed by atoms with Crippen LogP contribution in [0.5, 0.6) is 5.75 Å². The van der Waals surface area contributed by atoms with Gasteiger partial charge in [0.15, 0.2) is 5.65 Å². The molecule has 5 rings (SSSR count). The molecule has 2 heterocycles. The number of methoxy groups -OCH3 is 1. The molecule has 5 N–H and O–H groups in total. The van der Waals surface area contributed by atoms with Crippen LogP contribution >= 0.6 is 0 Å². The van der Waals surface area contributed by atoms with E-state index >= 15 is 0 Å². The lowest BCUT2D eigenvalue weighted by Crippen LogP contribution is -2.33. The summed E-state index contributed by atoms with van der Waals surface area (Å²) >= 11 is 0. The number of benzene rings is 2. The third-order valence-corrected chi connectivity index (χ3v) is 6.68. The summed E-state index contributed by atoms with van der Waals surface area (Å²) in [4.78, 5) is 18.9. The number of hydrogen-bond donors (Lipinski definition) is 3. The summed E-state index contributed by atoms with van der Waals surface area (Å²) in [5.74, 6) is 0.881. The van der Waals surface area contributed by atoms with Crippen LogP contribution in [0, 0.1) is 0 Å². The number of anilines is 3. The Kier molecular flexibility index (Phi) is 6.73. The normalized spacial score (nSPS) is 17.6. The van der Waals surface area contributed by atoms with Gasteiger partial charge in [0.25, 0.3) is 5.91 Å². The third kappa shape index (κ3) is 4.96. The minimum atomic E-state index is -0.580. The minimum absolute atomic E-state index is 0.234. The molecule has 0 bridgehead atoms. The Morgan fingerprint density at radius 2 is 1.83 bits per heavy atom. The number of primary amides is 1. The second-order valence-electron chi connectivity index (χ2n) is 9.18. The van der Waals surface area contributed by atoms with Gasteiger partial charge in [-0.1, -0.05) is 30.3 Å². The fraction of sp³-hybridized carbons (Fsp3) is 0.296. The number of para-hydroxylation sites is 1. The molecule has 186 valence electrons. The van der Waals surface area contributed by atoms with E-state index in [9.17, 15) is 4.79 Å². The van der Waals surface area contributed by atoms with Gasteiger partial charge >= 0.3 is 0 Å². The van der Waals surface area contributed by atoms with Crippen molar-refractivity contribution >= 4 is 28.7 Å². The predicted octanol–water partition coefficient (Wildman–Crippen LogP) is 3.86. The van der Waals surface area contributed by atoms with Crippen molar-refractivity contribution in [3.05, 3.63) is 78.1 Å². The molecule has 0 saturated heterocycles. The van der Waals surface area contributed by atoms with E-state index in [0.29, 0.717) is 18.0 Å². The van der Waals surface area contributed by atoms with Gasteiger partial charge in [0, 0.05) is 30.4 Å². The molecule has 0 spiro atoms. The van der Waals surface area contributed by atoms with Crippen LogP contribution in [-0.2, 0) is 6.54 Å². The zero-order valence-corrected chi connectivity index (χ0v) is 20.3. The molecule has 4 aromatic rings. The van der Waals surface area contributed by atoms with Gasteiger partial charge in [-0.25, -0.2) is 9.50 Å². The SMILES string of the molecule is COc1ccc(CN(c2ccccc2)c2cc(NC3CCC(N)CC3)nn3c(C(N)=O)cnc23)cc1. The Morgan fingerprint density at radius 1 is 1.11 bits per heavy atom. The van der Waals surface area contributed by atoms with Crippen molar-refractivity contribution in [3.8, 4) is 5.75 Å². The Bertz CT molecular complexity index is 1330. The summed E-state index contributed by atoms with van der Waals surface area (Å²) in [5.41, 5.74) is 15.4. The number of carbonyl (C=O) groups is 1. The van der Waals surface area contributed by atoms with Crippen molar-refractivity contribution in [1.29, 1.82) is 0 Å². The predicted molar refractivity (Wildman–Crippen MR) is 141 cm³/mol. The molecule has 0 unspecified atom stereocenters. The fourth-order valence-electron chi connectivity index (χ4n) is 4.70. The lowest BCUT2D eigenvalue weighted by Gasteiger charge is -2.29. The maximum Gasteiger partial charge on any atom is 0.269 e. The van der Waals surface area contributed by atoms with Gasteiger partial charge in [-0.15, -0.1) is 5.10 Å². The van der Waals surface area contributed by atoms with E-state index in [1.807, 2.05) is 60.7 Å². The van der Waals surface area contributed by atoms with Crippen LogP contribution in [0.4, 0.5) is 17.2 Å². The lowest BCUT2D eigenvalue weighted by molar-refractivity contribution is 0.0993. The van der Waals surface area contributed by atoms with Gasteiger partial charge in [0.2, 0.25) is 0 Å². The number of ether oxygens (including phenoxy) is 1. The summed E-state index contributed by atoms with van der Waals surface area (Å²) in [5, 5.41) is 8.27. The highest BCUT2D eigenvalue weighted by atomic mass is 16.5. The first-order chi connectivity index (χ1) is 17.5. The fourth-order valence-corrected chi connectivity index (χ4v) is 4.70. The molecular weight excluding hydrogens is 454 g/mol. The number of nitrogens with zero attached hydrogens (tertiary/aromatic N) is 4. The molecular formula is C27H31N7O2. The Morgan fingerprint density at radius 3 is 2.50 bits per heavy atom. The standard InChI is InChI=1S/C27H31N7O2/c1-36-22-13-7-18(8-14-22)17-33(21-5-3-2-4-6-21)23-15-25(31-20-11-9-19(28)10-12-20)32-34-24(26(29)35)16-30-27(23)34/h2-8,13-16,19-20H,9-12,17,28H2,1H3,(H2,29,35)(H,31,32). The summed E-state index contributed by atoms with van der Waals surface area (Å²) < 4.78 is 6.87. The summed E-state index contributed by atoms with van der Waals surface area (Å²) in [6.07, 6.45) is 5.36. The highest BCUT2D eigenvalue weighted by molar-refractivity contribution is 5.93. The second-order valence-corrected chi connectivity index (χ2v) is 9.18. The summed E-state index contributed by atoms with van der Waals surface area (Å²) in [7, 11) is 1.65. The van der Waals surface area contributed by atoms with Gasteiger partial charge in [-0.05, 0) is 55.5 Å². The average molecular weight is 486 g/mol. The van der Waals surface area contributed by atoms with Crippen molar-refractivity contribution in [2.24, 2.45) is 11.5 Å². The first kappa shape index (κ1) is 23.6. The molecule has 2 aromatic carbocycles. The quantitative estimate of drug-likeness (QED) is 0.346. The largest absolute Gasteiger partial charge is 0.497 e. The van der Waals surface area contributed by atoms with Crippen molar-refractivity contribution in [2.45, 2.75) is 44.3 Å². The van der Waals surface area contributed by atoms with Crippen molar-refractivity contribution < 1.29 is 9.53 Å². The number of hydrogen-bond acceptors (Lipinski definition) is 7. The number of nitrogens with one attached hydrogen (secondary N) is 1.